The SMILES string of the molecule is O=C(Nc1ncc(C(c2cccc(Cl)c2)N2CC[C@@H](O)C2)s1)C1(c2ccc3c(c2)OCO3)CC1. The van der Waals surface area contributed by atoms with Crippen LogP contribution in [0.3, 0.4) is 0 Å². The Morgan fingerprint density at radius 2 is 2.09 bits per heavy atom. The number of aliphatic hydroxyl groups is 1. The molecule has 2 N–H and O–H groups in total. The lowest BCUT2D eigenvalue weighted by molar-refractivity contribution is -0.118. The zero-order valence-electron chi connectivity index (χ0n) is 18.4. The van der Waals surface area contributed by atoms with Gasteiger partial charge in [0.25, 0.3) is 0 Å². The number of amides is 1. The Kier molecular flexibility index (Phi) is 5.49. The van der Waals surface area contributed by atoms with Gasteiger partial charge in [-0.1, -0.05) is 41.1 Å². The Balaban J connectivity index is 1.24. The summed E-state index contributed by atoms with van der Waals surface area (Å²) in [6.07, 6.45) is 3.78. The molecule has 0 radical (unpaired) electrons. The lowest BCUT2D eigenvalue weighted by atomic mass is 9.94. The van der Waals surface area contributed by atoms with Gasteiger partial charge in [-0.2, -0.15) is 0 Å². The summed E-state index contributed by atoms with van der Waals surface area (Å²) < 4.78 is 10.9. The summed E-state index contributed by atoms with van der Waals surface area (Å²) >= 11 is 7.75. The van der Waals surface area contributed by atoms with Crippen LogP contribution in [-0.4, -0.2) is 46.9 Å². The number of carbonyl (C=O) groups excluding carboxylic acids is 1. The Morgan fingerprint density at radius 3 is 2.85 bits per heavy atom. The molecule has 6 rings (SSSR count). The van der Waals surface area contributed by atoms with Crippen molar-refractivity contribution >= 4 is 34.0 Å². The smallest absolute Gasteiger partial charge is 0.236 e. The number of β-amino-alcohol motifs (C(OH)–C–C–N with tert-alkyl or cyclic N) is 1. The monoisotopic (exact) mass is 497 g/mol. The van der Waals surface area contributed by atoms with Crippen LogP contribution in [0.4, 0.5) is 5.13 Å². The lowest BCUT2D eigenvalue weighted by Gasteiger charge is -2.27. The van der Waals surface area contributed by atoms with Crippen molar-refractivity contribution in [1.29, 1.82) is 0 Å². The minimum absolute atomic E-state index is 0.0526. The number of halogens is 1. The summed E-state index contributed by atoms with van der Waals surface area (Å²) in [5.41, 5.74) is 1.43. The maximum absolute atomic E-state index is 13.3. The van der Waals surface area contributed by atoms with Crippen LogP contribution in [-0.2, 0) is 10.2 Å². The molecule has 34 heavy (non-hydrogen) atoms. The third-order valence-corrected chi connectivity index (χ3v) is 8.05. The van der Waals surface area contributed by atoms with Crippen LogP contribution in [0, 0.1) is 0 Å². The Hall–Kier alpha value is -2.65. The number of rotatable bonds is 6. The van der Waals surface area contributed by atoms with Crippen molar-refractivity contribution in [1.82, 2.24) is 9.88 Å². The first-order valence-electron chi connectivity index (χ1n) is 11.4. The van der Waals surface area contributed by atoms with Crippen LogP contribution in [0.1, 0.15) is 41.3 Å². The molecule has 1 saturated carbocycles. The minimum atomic E-state index is -0.557. The van der Waals surface area contributed by atoms with Gasteiger partial charge in [0.15, 0.2) is 16.6 Å². The number of hydrogen-bond acceptors (Lipinski definition) is 7. The molecule has 2 aromatic carbocycles. The summed E-state index contributed by atoms with van der Waals surface area (Å²) in [6, 6.07) is 13.4. The molecule has 1 aromatic heterocycles. The summed E-state index contributed by atoms with van der Waals surface area (Å²) in [6.45, 7) is 1.58. The molecule has 3 aromatic rings. The van der Waals surface area contributed by atoms with E-state index < -0.39 is 5.41 Å². The second-order valence-electron chi connectivity index (χ2n) is 9.07. The molecule has 3 aliphatic rings. The maximum atomic E-state index is 13.3. The van der Waals surface area contributed by atoms with Crippen LogP contribution >= 0.6 is 22.9 Å². The molecular formula is C25H24ClN3O4S. The van der Waals surface area contributed by atoms with Crippen molar-refractivity contribution in [3.8, 4) is 11.5 Å². The first-order valence-corrected chi connectivity index (χ1v) is 12.6. The second kappa shape index (κ2) is 8.53. The second-order valence-corrected chi connectivity index (χ2v) is 10.6. The number of nitrogens with zero attached hydrogens (tertiary/aromatic N) is 2. The Bertz CT molecular complexity index is 1240. The number of aliphatic hydroxyl groups excluding tert-OH is 1. The fraction of sp³-hybridized carbons (Fsp3) is 0.360. The topological polar surface area (TPSA) is 83.9 Å². The predicted molar refractivity (Wildman–Crippen MR) is 130 cm³/mol. The number of likely N-dealkylation sites (tertiary alicyclic amines) is 1. The average molecular weight is 498 g/mol. The molecule has 2 fully saturated rings. The summed E-state index contributed by atoms with van der Waals surface area (Å²) in [5.74, 6) is 1.34. The Morgan fingerprint density at radius 1 is 1.24 bits per heavy atom. The standard InChI is InChI=1S/C25H24ClN3O4S/c26-17-3-1-2-15(10-17)22(29-9-6-18(30)13-29)21-12-27-24(34-21)28-23(31)25(7-8-25)16-4-5-19-20(11-16)33-14-32-19/h1-5,10-12,18,22,30H,6-9,13-14H2,(H,27,28,31)/t18-,22?/m1/s1. The highest BCUT2D eigenvalue weighted by Crippen LogP contribution is 2.51. The van der Waals surface area contributed by atoms with E-state index in [0.717, 1.165) is 41.8 Å². The van der Waals surface area contributed by atoms with Gasteiger partial charge in [-0.3, -0.25) is 9.69 Å². The van der Waals surface area contributed by atoms with Crippen molar-refractivity contribution < 1.29 is 19.4 Å². The van der Waals surface area contributed by atoms with Crippen LogP contribution < -0.4 is 14.8 Å². The van der Waals surface area contributed by atoms with Gasteiger partial charge >= 0.3 is 0 Å². The molecule has 1 aliphatic carbocycles. The van der Waals surface area contributed by atoms with Gasteiger partial charge in [-0.05, 0) is 54.7 Å². The highest BCUT2D eigenvalue weighted by molar-refractivity contribution is 7.15. The van der Waals surface area contributed by atoms with Gasteiger partial charge in [0.05, 0.1) is 17.6 Å². The van der Waals surface area contributed by atoms with Crippen LogP contribution in [0.2, 0.25) is 5.02 Å². The third kappa shape index (κ3) is 3.94. The van der Waals surface area contributed by atoms with Crippen LogP contribution in [0.5, 0.6) is 11.5 Å². The van der Waals surface area contributed by atoms with E-state index in [1.807, 2.05) is 48.7 Å². The number of ether oxygens (including phenoxy) is 2. The Labute approximate surface area is 206 Å². The quantitative estimate of drug-likeness (QED) is 0.526. The van der Waals surface area contributed by atoms with Gasteiger partial charge < -0.3 is 19.9 Å². The third-order valence-electron chi connectivity index (χ3n) is 6.85. The fourth-order valence-corrected chi connectivity index (χ4v) is 6.06. The molecule has 0 bridgehead atoms. The number of hydrogen-bond donors (Lipinski definition) is 2. The van der Waals surface area contributed by atoms with Crippen molar-refractivity contribution in [3.63, 3.8) is 0 Å². The number of anilines is 1. The molecule has 0 spiro atoms. The zero-order chi connectivity index (χ0) is 23.3. The van der Waals surface area contributed by atoms with Crippen molar-refractivity contribution in [2.75, 3.05) is 25.2 Å². The van der Waals surface area contributed by atoms with Crippen molar-refractivity contribution in [2.45, 2.75) is 36.8 Å². The molecule has 1 amide bonds. The van der Waals surface area contributed by atoms with E-state index in [9.17, 15) is 9.90 Å². The van der Waals surface area contributed by atoms with E-state index in [1.54, 1.807) is 0 Å². The van der Waals surface area contributed by atoms with E-state index in [2.05, 4.69) is 15.2 Å². The van der Waals surface area contributed by atoms with Gasteiger partial charge in [-0.25, -0.2) is 4.98 Å². The number of nitrogens with one attached hydrogen (secondary N) is 1. The van der Waals surface area contributed by atoms with Crippen molar-refractivity contribution in [3.05, 3.63) is 69.7 Å². The molecule has 1 unspecified atom stereocenters. The number of carbonyl (C=O) groups is 1. The molecule has 2 aliphatic heterocycles. The number of fused-ring (bicyclic) bond motifs is 1. The molecule has 7 nitrogen and oxygen atoms in total. The minimum Gasteiger partial charge on any atom is -0.454 e. The summed E-state index contributed by atoms with van der Waals surface area (Å²) in [4.78, 5) is 21.1. The first kappa shape index (κ1) is 21.9. The van der Waals surface area contributed by atoms with E-state index in [1.165, 1.54) is 11.3 Å². The van der Waals surface area contributed by atoms with Crippen LogP contribution in [0.15, 0.2) is 48.7 Å². The normalized spacial score (nSPS) is 21.4. The number of benzene rings is 2. The number of thiazole rings is 1. The van der Waals surface area contributed by atoms with Gasteiger partial charge in [-0.15, -0.1) is 0 Å². The van der Waals surface area contributed by atoms with Gasteiger partial charge in [0.1, 0.15) is 0 Å². The van der Waals surface area contributed by atoms with E-state index in [-0.39, 0.29) is 24.8 Å². The molecule has 2 atom stereocenters. The summed E-state index contributed by atoms with van der Waals surface area (Å²) in [5, 5.41) is 14.4. The number of aromatic nitrogens is 1. The lowest BCUT2D eigenvalue weighted by Crippen LogP contribution is -2.28. The average Bonchev–Trinajstić information content (AvgIpc) is 3.12. The maximum Gasteiger partial charge on any atom is 0.236 e. The molecular weight excluding hydrogens is 474 g/mol. The zero-order valence-corrected chi connectivity index (χ0v) is 19.9. The molecule has 3 heterocycles. The van der Waals surface area contributed by atoms with Gasteiger partial charge in [0, 0.05) is 29.2 Å². The van der Waals surface area contributed by atoms with Crippen LogP contribution in [0.25, 0.3) is 0 Å². The largest absolute Gasteiger partial charge is 0.454 e. The highest BCUT2D eigenvalue weighted by Gasteiger charge is 2.52. The fourth-order valence-electron chi connectivity index (χ4n) is 4.89. The summed E-state index contributed by atoms with van der Waals surface area (Å²) in [7, 11) is 0. The van der Waals surface area contributed by atoms with Gasteiger partial charge in [0.2, 0.25) is 12.7 Å². The molecule has 176 valence electrons. The van der Waals surface area contributed by atoms with E-state index in [0.29, 0.717) is 28.2 Å². The predicted octanol–water partition coefficient (Wildman–Crippen LogP) is 4.35. The molecule has 1 saturated heterocycles. The first-order chi connectivity index (χ1) is 16.5. The molecule has 9 heteroatoms. The van der Waals surface area contributed by atoms with Crippen molar-refractivity contribution in [2.24, 2.45) is 0 Å². The van der Waals surface area contributed by atoms with E-state index >= 15 is 0 Å². The highest BCUT2D eigenvalue weighted by atomic mass is 35.5. The van der Waals surface area contributed by atoms with E-state index in [4.69, 9.17) is 21.1 Å².